The highest BCUT2D eigenvalue weighted by atomic mass is 16.4. The minimum atomic E-state index is -1.49. The van der Waals surface area contributed by atoms with Crippen LogP contribution in [0.15, 0.2) is 0 Å². The van der Waals surface area contributed by atoms with Crippen molar-refractivity contribution in [2.24, 2.45) is 11.5 Å². The number of carbonyl (C=O) groups excluding carboxylic acids is 4. The summed E-state index contributed by atoms with van der Waals surface area (Å²) >= 11 is 0. The van der Waals surface area contributed by atoms with E-state index in [0.717, 1.165) is 0 Å². The van der Waals surface area contributed by atoms with E-state index in [1.54, 1.807) is 0 Å². The van der Waals surface area contributed by atoms with Crippen molar-refractivity contribution in [1.82, 2.24) is 15.5 Å². The molecule has 28 heavy (non-hydrogen) atoms. The van der Waals surface area contributed by atoms with Crippen LogP contribution in [0.2, 0.25) is 0 Å². The van der Waals surface area contributed by atoms with Crippen LogP contribution in [0.1, 0.15) is 32.6 Å². The minimum Gasteiger partial charge on any atom is -0.480 e. The summed E-state index contributed by atoms with van der Waals surface area (Å²) in [5.41, 5.74) is 10.6. The zero-order chi connectivity index (χ0) is 21.4. The topological polar surface area (TPSA) is 205 Å². The van der Waals surface area contributed by atoms with E-state index in [4.69, 9.17) is 21.7 Å². The highest BCUT2D eigenvalue weighted by Crippen LogP contribution is 2.20. The summed E-state index contributed by atoms with van der Waals surface area (Å²) < 4.78 is 0. The molecule has 4 amide bonds. The molecule has 4 unspecified atom stereocenters. The Morgan fingerprint density at radius 2 is 1.82 bits per heavy atom. The van der Waals surface area contributed by atoms with Crippen LogP contribution in [-0.2, 0) is 24.0 Å². The monoisotopic (exact) mass is 401 g/mol. The normalized spacial score (nSPS) is 19.4. The van der Waals surface area contributed by atoms with Crippen molar-refractivity contribution >= 4 is 29.6 Å². The molecule has 1 fully saturated rings. The van der Waals surface area contributed by atoms with Gasteiger partial charge >= 0.3 is 5.97 Å². The van der Waals surface area contributed by atoms with Crippen molar-refractivity contribution in [3.05, 3.63) is 0 Å². The number of carboxylic acids is 1. The van der Waals surface area contributed by atoms with E-state index in [1.807, 2.05) is 0 Å². The number of carbonyl (C=O) groups is 5. The molecule has 1 aliphatic rings. The molecule has 0 radical (unpaired) electrons. The van der Waals surface area contributed by atoms with Crippen LogP contribution in [0.3, 0.4) is 0 Å². The number of nitrogens with one attached hydrogen (secondary N) is 2. The van der Waals surface area contributed by atoms with Gasteiger partial charge in [-0.3, -0.25) is 19.2 Å². The SMILES string of the molecule is CC(N)C(=O)NC(CCC(N)=O)C(=O)N1CCCC1C(=O)NC(CO)C(=O)O. The highest BCUT2D eigenvalue weighted by molar-refractivity contribution is 5.94. The molecular weight excluding hydrogens is 374 g/mol. The first-order valence-electron chi connectivity index (χ1n) is 8.87. The van der Waals surface area contributed by atoms with Gasteiger partial charge in [0.2, 0.25) is 23.6 Å². The number of hydrogen-bond donors (Lipinski definition) is 6. The number of likely N-dealkylation sites (tertiary alicyclic amines) is 1. The molecule has 1 saturated heterocycles. The predicted octanol–water partition coefficient (Wildman–Crippen LogP) is -3.36. The van der Waals surface area contributed by atoms with Crippen LogP contribution in [0.4, 0.5) is 0 Å². The third-order valence-electron chi connectivity index (χ3n) is 4.34. The van der Waals surface area contributed by atoms with Crippen LogP contribution in [0.5, 0.6) is 0 Å². The van der Waals surface area contributed by atoms with Gasteiger partial charge < -0.3 is 37.2 Å². The molecular formula is C16H27N5O7. The maximum atomic E-state index is 12.9. The highest BCUT2D eigenvalue weighted by Gasteiger charge is 2.38. The van der Waals surface area contributed by atoms with E-state index in [2.05, 4.69) is 10.6 Å². The number of carboxylic acid groups (broad SMARTS) is 1. The Kier molecular flexibility index (Phi) is 8.79. The maximum absolute atomic E-state index is 12.9. The fraction of sp³-hybridized carbons (Fsp3) is 0.688. The molecule has 0 saturated carbocycles. The van der Waals surface area contributed by atoms with E-state index in [0.29, 0.717) is 12.8 Å². The summed E-state index contributed by atoms with van der Waals surface area (Å²) in [7, 11) is 0. The summed E-state index contributed by atoms with van der Waals surface area (Å²) in [6.07, 6.45) is 0.557. The van der Waals surface area contributed by atoms with Crippen LogP contribution >= 0.6 is 0 Å². The second-order valence-electron chi connectivity index (χ2n) is 6.63. The third-order valence-corrected chi connectivity index (χ3v) is 4.34. The predicted molar refractivity (Wildman–Crippen MR) is 95.4 cm³/mol. The second kappa shape index (κ2) is 10.6. The van der Waals surface area contributed by atoms with Crippen molar-refractivity contribution in [3.63, 3.8) is 0 Å². The number of aliphatic hydroxyl groups excluding tert-OH is 1. The lowest BCUT2D eigenvalue weighted by Crippen LogP contribution is -2.57. The standard InChI is InChI=1S/C16H27N5O7/c1-8(17)13(24)19-9(4-5-12(18)23)15(26)21-6-2-3-11(21)14(25)20-10(7-22)16(27)28/h8-11,22H,2-7,17H2,1H3,(H2,18,23)(H,19,24)(H,20,25)(H,27,28). The zero-order valence-electron chi connectivity index (χ0n) is 15.6. The molecule has 12 nitrogen and oxygen atoms in total. The van der Waals surface area contributed by atoms with Crippen molar-refractivity contribution in [2.45, 2.75) is 56.8 Å². The summed E-state index contributed by atoms with van der Waals surface area (Å²) in [4.78, 5) is 60.5. The van der Waals surface area contributed by atoms with Gasteiger partial charge in [0.15, 0.2) is 0 Å². The van der Waals surface area contributed by atoms with Crippen LogP contribution in [0.25, 0.3) is 0 Å². The summed E-state index contributed by atoms with van der Waals surface area (Å²) in [6.45, 7) is 0.848. The molecule has 0 aromatic rings. The molecule has 1 aliphatic heterocycles. The Bertz CT molecular complexity index is 625. The van der Waals surface area contributed by atoms with Gasteiger partial charge in [0.1, 0.15) is 18.1 Å². The molecule has 4 atom stereocenters. The fourth-order valence-corrected chi connectivity index (χ4v) is 2.80. The molecule has 0 aromatic heterocycles. The fourth-order valence-electron chi connectivity index (χ4n) is 2.80. The number of rotatable bonds is 10. The largest absolute Gasteiger partial charge is 0.480 e. The molecule has 0 spiro atoms. The number of amides is 4. The van der Waals surface area contributed by atoms with Gasteiger partial charge in [0.25, 0.3) is 0 Å². The van der Waals surface area contributed by atoms with Gasteiger partial charge in [-0.05, 0) is 26.2 Å². The van der Waals surface area contributed by atoms with Crippen molar-refractivity contribution in [2.75, 3.05) is 13.2 Å². The molecule has 0 aliphatic carbocycles. The molecule has 0 bridgehead atoms. The van der Waals surface area contributed by atoms with E-state index < -0.39 is 60.4 Å². The first kappa shape index (κ1) is 23.3. The Morgan fingerprint density at radius 1 is 1.18 bits per heavy atom. The van der Waals surface area contributed by atoms with Gasteiger partial charge in [0.05, 0.1) is 12.6 Å². The minimum absolute atomic E-state index is 0.0636. The first-order chi connectivity index (χ1) is 13.1. The van der Waals surface area contributed by atoms with Gasteiger partial charge in [0, 0.05) is 13.0 Å². The van der Waals surface area contributed by atoms with Gasteiger partial charge in [-0.2, -0.15) is 0 Å². The average molecular weight is 401 g/mol. The van der Waals surface area contributed by atoms with Gasteiger partial charge in [-0.15, -0.1) is 0 Å². The van der Waals surface area contributed by atoms with Crippen LogP contribution in [-0.4, -0.2) is 82.0 Å². The number of nitrogens with zero attached hydrogens (tertiary/aromatic N) is 1. The number of primary amides is 1. The van der Waals surface area contributed by atoms with E-state index in [9.17, 15) is 24.0 Å². The number of aliphatic carboxylic acids is 1. The summed E-state index contributed by atoms with van der Waals surface area (Å²) in [5.74, 6) is -3.98. The van der Waals surface area contributed by atoms with Crippen LogP contribution < -0.4 is 22.1 Å². The van der Waals surface area contributed by atoms with Gasteiger partial charge in [-0.25, -0.2) is 4.79 Å². The zero-order valence-corrected chi connectivity index (χ0v) is 15.6. The van der Waals surface area contributed by atoms with E-state index in [-0.39, 0.29) is 19.4 Å². The Morgan fingerprint density at radius 3 is 2.32 bits per heavy atom. The lowest BCUT2D eigenvalue weighted by atomic mass is 10.1. The van der Waals surface area contributed by atoms with Crippen molar-refractivity contribution in [1.29, 1.82) is 0 Å². The third kappa shape index (κ3) is 6.46. The van der Waals surface area contributed by atoms with E-state index in [1.165, 1.54) is 11.8 Å². The lowest BCUT2D eigenvalue weighted by Gasteiger charge is -2.29. The maximum Gasteiger partial charge on any atom is 0.328 e. The lowest BCUT2D eigenvalue weighted by molar-refractivity contribution is -0.145. The Hall–Kier alpha value is -2.73. The molecule has 12 heteroatoms. The molecule has 0 aromatic carbocycles. The molecule has 8 N–H and O–H groups in total. The van der Waals surface area contributed by atoms with Crippen molar-refractivity contribution < 1.29 is 34.2 Å². The molecule has 1 rings (SSSR count). The number of aliphatic hydroxyl groups is 1. The van der Waals surface area contributed by atoms with Gasteiger partial charge in [-0.1, -0.05) is 0 Å². The summed E-state index contributed by atoms with van der Waals surface area (Å²) in [6, 6.07) is -4.44. The Labute approximate surface area is 161 Å². The summed E-state index contributed by atoms with van der Waals surface area (Å²) in [5, 5.41) is 22.6. The quantitative estimate of drug-likeness (QED) is 0.217. The van der Waals surface area contributed by atoms with Crippen LogP contribution in [0, 0.1) is 0 Å². The second-order valence-corrected chi connectivity index (χ2v) is 6.63. The average Bonchev–Trinajstić information content (AvgIpc) is 3.11. The molecule has 158 valence electrons. The number of nitrogens with two attached hydrogens (primary N) is 2. The smallest absolute Gasteiger partial charge is 0.328 e. The number of hydrogen-bond acceptors (Lipinski definition) is 7. The first-order valence-corrected chi connectivity index (χ1v) is 8.87. The van der Waals surface area contributed by atoms with E-state index >= 15 is 0 Å². The molecule has 1 heterocycles. The van der Waals surface area contributed by atoms with Crippen molar-refractivity contribution in [3.8, 4) is 0 Å². The Balaban J connectivity index is 2.92.